The molecule has 0 spiro atoms. The number of nitrogens with zero attached hydrogens (tertiary/aromatic N) is 3. The van der Waals surface area contributed by atoms with Gasteiger partial charge in [0.2, 0.25) is 5.91 Å². The Morgan fingerprint density at radius 2 is 1.41 bits per heavy atom. The van der Waals surface area contributed by atoms with Gasteiger partial charge in [0.25, 0.3) is 0 Å². The summed E-state index contributed by atoms with van der Waals surface area (Å²) in [5.41, 5.74) is 1.88. The molecule has 0 bridgehead atoms. The molecule has 0 unspecified atom stereocenters. The molecule has 1 aliphatic rings. The molecule has 2 heterocycles. The second-order valence-corrected chi connectivity index (χ2v) is 9.25. The van der Waals surface area contributed by atoms with Crippen LogP contribution in [0.25, 0.3) is 10.9 Å². The van der Waals surface area contributed by atoms with E-state index in [1.54, 1.807) is 42.5 Å². The number of carbonyl (C=O) groups excluding carboxylic acids is 2. The van der Waals surface area contributed by atoms with Gasteiger partial charge in [-0.2, -0.15) is 13.2 Å². The number of morpholine rings is 1. The SMILES string of the molecule is O=C(CN1CCOCC1)Nc1ccc2ncnc(Nc3ccc(NC(=O)Nc4ccc(C(F)(F)F)cc4)cc3)c2c1. The molecular weight excluding hydrogens is 539 g/mol. The average Bonchev–Trinajstić information content (AvgIpc) is 2.95. The zero-order valence-corrected chi connectivity index (χ0v) is 21.7. The lowest BCUT2D eigenvalue weighted by atomic mass is 10.2. The number of halogens is 3. The predicted octanol–water partition coefficient (Wildman–Crippen LogP) is 5.31. The summed E-state index contributed by atoms with van der Waals surface area (Å²) < 4.78 is 43.5. The van der Waals surface area contributed by atoms with Gasteiger partial charge in [0.1, 0.15) is 12.1 Å². The number of anilines is 5. The van der Waals surface area contributed by atoms with Gasteiger partial charge in [-0.3, -0.25) is 9.69 Å². The number of alkyl halides is 3. The highest BCUT2D eigenvalue weighted by Gasteiger charge is 2.30. The van der Waals surface area contributed by atoms with Gasteiger partial charge < -0.3 is 26.0 Å². The van der Waals surface area contributed by atoms with Crippen LogP contribution in [0.5, 0.6) is 0 Å². The lowest BCUT2D eigenvalue weighted by molar-refractivity contribution is -0.137. The van der Waals surface area contributed by atoms with Gasteiger partial charge in [-0.1, -0.05) is 0 Å². The van der Waals surface area contributed by atoms with Crippen molar-refractivity contribution in [3.05, 3.63) is 78.6 Å². The first-order valence-electron chi connectivity index (χ1n) is 12.7. The van der Waals surface area contributed by atoms with Crippen LogP contribution < -0.4 is 21.3 Å². The van der Waals surface area contributed by atoms with Crippen molar-refractivity contribution in [2.75, 3.05) is 54.1 Å². The number of aromatic nitrogens is 2. The fraction of sp³-hybridized carbons (Fsp3) is 0.214. The van der Waals surface area contributed by atoms with Crippen molar-refractivity contribution in [2.45, 2.75) is 6.18 Å². The summed E-state index contributed by atoms with van der Waals surface area (Å²) >= 11 is 0. The summed E-state index contributed by atoms with van der Waals surface area (Å²) in [5.74, 6) is 0.406. The van der Waals surface area contributed by atoms with Gasteiger partial charge >= 0.3 is 12.2 Å². The van der Waals surface area contributed by atoms with Crippen LogP contribution in [-0.2, 0) is 15.7 Å². The fourth-order valence-electron chi connectivity index (χ4n) is 4.21. The number of nitrogens with one attached hydrogen (secondary N) is 4. The van der Waals surface area contributed by atoms with E-state index in [4.69, 9.17) is 4.74 Å². The monoisotopic (exact) mass is 565 g/mol. The van der Waals surface area contributed by atoms with E-state index < -0.39 is 17.8 Å². The maximum Gasteiger partial charge on any atom is 0.416 e. The number of hydrogen-bond donors (Lipinski definition) is 4. The lowest BCUT2D eigenvalue weighted by Gasteiger charge is -2.25. The Morgan fingerprint density at radius 3 is 2.07 bits per heavy atom. The number of benzene rings is 3. The minimum atomic E-state index is -4.45. The second-order valence-electron chi connectivity index (χ2n) is 9.25. The highest BCUT2D eigenvalue weighted by molar-refractivity contribution is 6.00. The van der Waals surface area contributed by atoms with Gasteiger partial charge in [0, 0.05) is 41.2 Å². The van der Waals surface area contributed by atoms with Crippen molar-refractivity contribution in [2.24, 2.45) is 0 Å². The molecule has 5 rings (SSSR count). The summed E-state index contributed by atoms with van der Waals surface area (Å²) in [6.45, 7) is 2.93. The normalized spacial score (nSPS) is 13.9. The molecule has 4 N–H and O–H groups in total. The molecule has 1 saturated heterocycles. The molecule has 3 amide bonds. The van der Waals surface area contributed by atoms with Crippen molar-refractivity contribution in [3.8, 4) is 0 Å². The lowest BCUT2D eigenvalue weighted by Crippen LogP contribution is -2.41. The van der Waals surface area contributed by atoms with Gasteiger partial charge in [-0.25, -0.2) is 14.8 Å². The second kappa shape index (κ2) is 12.2. The number of amides is 3. The van der Waals surface area contributed by atoms with Crippen molar-refractivity contribution < 1.29 is 27.5 Å². The average molecular weight is 566 g/mol. The van der Waals surface area contributed by atoms with Gasteiger partial charge in [0.15, 0.2) is 0 Å². The van der Waals surface area contributed by atoms with Crippen LogP contribution in [0.1, 0.15) is 5.56 Å². The van der Waals surface area contributed by atoms with Gasteiger partial charge in [-0.05, 0) is 66.7 Å². The maximum atomic E-state index is 12.7. The summed E-state index contributed by atoms with van der Waals surface area (Å²) in [7, 11) is 0. The third-order valence-corrected chi connectivity index (χ3v) is 6.27. The van der Waals surface area contributed by atoms with Crippen LogP contribution in [0.3, 0.4) is 0 Å². The third kappa shape index (κ3) is 7.47. The van der Waals surface area contributed by atoms with Crippen LogP contribution in [0.4, 0.5) is 46.5 Å². The molecule has 0 aliphatic carbocycles. The molecule has 0 saturated carbocycles. The minimum absolute atomic E-state index is 0.122. The highest BCUT2D eigenvalue weighted by Crippen LogP contribution is 2.30. The zero-order valence-electron chi connectivity index (χ0n) is 21.7. The standard InChI is InChI=1S/C28H26F3N7O3/c29-28(30,31)18-1-3-20(4-2-18)36-27(40)37-21-7-5-19(6-8-21)35-26-23-15-22(9-10-24(23)32-17-33-26)34-25(39)16-38-11-13-41-14-12-38/h1-10,15,17H,11-14,16H2,(H,34,39)(H,32,33,35)(H2,36,37,40). The van der Waals surface area contributed by atoms with Crippen LogP contribution in [0.2, 0.25) is 0 Å². The maximum absolute atomic E-state index is 12.7. The van der Waals surface area contributed by atoms with Gasteiger partial charge in [0.05, 0.1) is 30.8 Å². The third-order valence-electron chi connectivity index (χ3n) is 6.27. The molecular formula is C28H26F3N7O3. The largest absolute Gasteiger partial charge is 0.416 e. The first-order valence-corrected chi connectivity index (χ1v) is 12.7. The van der Waals surface area contributed by atoms with E-state index in [0.717, 1.165) is 12.1 Å². The van der Waals surface area contributed by atoms with Gasteiger partial charge in [-0.15, -0.1) is 0 Å². The van der Waals surface area contributed by atoms with E-state index >= 15 is 0 Å². The van der Waals surface area contributed by atoms with E-state index in [0.29, 0.717) is 60.1 Å². The van der Waals surface area contributed by atoms with Crippen LogP contribution in [0, 0.1) is 0 Å². The molecule has 10 nitrogen and oxygen atoms in total. The van der Waals surface area contributed by atoms with E-state index in [1.165, 1.54) is 18.5 Å². The van der Waals surface area contributed by atoms with Crippen molar-refractivity contribution in [1.29, 1.82) is 0 Å². The number of ether oxygens (including phenoxy) is 1. The highest BCUT2D eigenvalue weighted by atomic mass is 19.4. The van der Waals surface area contributed by atoms with Crippen molar-refractivity contribution in [1.82, 2.24) is 14.9 Å². The van der Waals surface area contributed by atoms with Crippen molar-refractivity contribution >= 4 is 51.4 Å². The molecule has 3 aromatic carbocycles. The molecule has 13 heteroatoms. The molecule has 1 fully saturated rings. The molecule has 1 aliphatic heterocycles. The summed E-state index contributed by atoms with van der Waals surface area (Å²) in [4.78, 5) is 35.5. The van der Waals surface area contributed by atoms with E-state index in [-0.39, 0.29) is 18.1 Å². The minimum Gasteiger partial charge on any atom is -0.379 e. The Morgan fingerprint density at radius 1 is 0.805 bits per heavy atom. The predicted molar refractivity (Wildman–Crippen MR) is 149 cm³/mol. The number of carbonyl (C=O) groups is 2. The Hall–Kier alpha value is -4.75. The Balaban J connectivity index is 1.20. The van der Waals surface area contributed by atoms with Crippen molar-refractivity contribution in [3.63, 3.8) is 0 Å². The smallest absolute Gasteiger partial charge is 0.379 e. The number of fused-ring (bicyclic) bond motifs is 1. The van der Waals surface area contributed by atoms with Crippen LogP contribution in [0.15, 0.2) is 73.1 Å². The number of rotatable bonds is 7. The molecule has 41 heavy (non-hydrogen) atoms. The number of hydrogen-bond acceptors (Lipinski definition) is 7. The zero-order chi connectivity index (χ0) is 28.8. The Kier molecular flexibility index (Phi) is 8.26. The molecule has 212 valence electrons. The quantitative estimate of drug-likeness (QED) is 0.240. The molecule has 0 atom stereocenters. The van der Waals surface area contributed by atoms with E-state index in [9.17, 15) is 22.8 Å². The number of urea groups is 1. The summed E-state index contributed by atoms with van der Waals surface area (Å²) in [5, 5.41) is 12.0. The van der Waals surface area contributed by atoms with Crippen LogP contribution in [-0.4, -0.2) is 59.7 Å². The Bertz CT molecular complexity index is 1520. The van der Waals surface area contributed by atoms with E-state index in [2.05, 4.69) is 31.2 Å². The first kappa shape index (κ1) is 27.8. The molecule has 0 radical (unpaired) electrons. The summed E-state index contributed by atoms with van der Waals surface area (Å²) in [6.07, 6.45) is -3.02. The Labute approximate surface area is 232 Å². The first-order chi connectivity index (χ1) is 19.7. The molecule has 1 aromatic heterocycles. The van der Waals surface area contributed by atoms with Crippen LogP contribution >= 0.6 is 0 Å². The van der Waals surface area contributed by atoms with E-state index in [1.807, 2.05) is 4.90 Å². The summed E-state index contributed by atoms with van der Waals surface area (Å²) in [6, 6.07) is 15.7. The molecule has 4 aromatic rings. The topological polar surface area (TPSA) is 121 Å². The fourth-order valence-corrected chi connectivity index (χ4v) is 4.21.